The van der Waals surface area contributed by atoms with Crippen LogP contribution in [0.1, 0.15) is 49.9 Å². The number of nitrogens with zero attached hydrogens (tertiary/aromatic N) is 1. The van der Waals surface area contributed by atoms with Crippen LogP contribution in [0.4, 0.5) is 8.78 Å². The third-order valence-electron chi connectivity index (χ3n) is 5.10. The number of benzene rings is 1. The van der Waals surface area contributed by atoms with Crippen molar-refractivity contribution in [1.82, 2.24) is 10.6 Å². The van der Waals surface area contributed by atoms with Gasteiger partial charge in [0.2, 0.25) is 0 Å². The van der Waals surface area contributed by atoms with Crippen molar-refractivity contribution < 1.29 is 27.9 Å². The van der Waals surface area contributed by atoms with Crippen LogP contribution < -0.4 is 10.6 Å². The van der Waals surface area contributed by atoms with E-state index < -0.39 is 29.0 Å². The lowest BCUT2D eigenvalue weighted by atomic mass is 9.86. The molecule has 7 nitrogen and oxygen atoms in total. The lowest BCUT2D eigenvalue weighted by Crippen LogP contribution is -2.44. The van der Waals surface area contributed by atoms with Crippen LogP contribution in [0.25, 0.3) is 0 Å². The number of aliphatic imine (C=N–C) groups is 1. The molecule has 0 bridgehead atoms. The minimum absolute atomic E-state index is 0.0351. The average Bonchev–Trinajstić information content (AvgIpc) is 2.74. The first kappa shape index (κ1) is 24.2. The highest BCUT2D eigenvalue weighted by Gasteiger charge is 2.29. The van der Waals surface area contributed by atoms with E-state index in [1.165, 1.54) is 13.1 Å². The summed E-state index contributed by atoms with van der Waals surface area (Å²) in [5.74, 6) is -3.95. The van der Waals surface area contributed by atoms with Crippen molar-refractivity contribution >= 4 is 23.5 Å². The summed E-state index contributed by atoms with van der Waals surface area (Å²) in [7, 11) is 1.38. The number of allylic oxidation sites excluding steroid dienone is 1. The fourth-order valence-corrected chi connectivity index (χ4v) is 3.50. The Hall–Kier alpha value is -3.10. The molecule has 168 valence electrons. The SMILES string of the molecule is C/C=C(/NC(=O)c1c(F)cccc1F)C(=NC)C(=O)NC1CCC(C(=O)OCC)CC1. The summed E-state index contributed by atoms with van der Waals surface area (Å²) in [4.78, 5) is 40.9. The monoisotopic (exact) mass is 435 g/mol. The topological polar surface area (TPSA) is 96.9 Å². The van der Waals surface area contributed by atoms with E-state index in [1.807, 2.05) is 0 Å². The number of rotatable bonds is 7. The summed E-state index contributed by atoms with van der Waals surface area (Å²) < 4.78 is 32.8. The molecule has 9 heteroatoms. The maximum Gasteiger partial charge on any atom is 0.308 e. The fourth-order valence-electron chi connectivity index (χ4n) is 3.50. The summed E-state index contributed by atoms with van der Waals surface area (Å²) in [5.41, 5.74) is -0.775. The first-order chi connectivity index (χ1) is 14.8. The molecule has 1 aromatic rings. The predicted octanol–water partition coefficient (Wildman–Crippen LogP) is 2.91. The molecule has 2 amide bonds. The molecule has 1 aliphatic rings. The summed E-state index contributed by atoms with van der Waals surface area (Å²) >= 11 is 0. The smallest absolute Gasteiger partial charge is 0.308 e. The van der Waals surface area contributed by atoms with Crippen molar-refractivity contribution in [2.45, 2.75) is 45.6 Å². The van der Waals surface area contributed by atoms with Gasteiger partial charge in [-0.15, -0.1) is 0 Å². The normalized spacial score (nSPS) is 19.5. The molecule has 0 saturated heterocycles. The van der Waals surface area contributed by atoms with Crippen LogP contribution in [0.5, 0.6) is 0 Å². The number of hydrogen-bond acceptors (Lipinski definition) is 5. The van der Waals surface area contributed by atoms with Crippen LogP contribution >= 0.6 is 0 Å². The molecule has 0 aliphatic heterocycles. The van der Waals surface area contributed by atoms with Crippen molar-refractivity contribution in [2.24, 2.45) is 10.9 Å². The first-order valence-corrected chi connectivity index (χ1v) is 10.2. The molecule has 1 aromatic carbocycles. The second kappa shape index (κ2) is 11.3. The Balaban J connectivity index is 2.01. The van der Waals surface area contributed by atoms with Crippen LogP contribution in [0.3, 0.4) is 0 Å². The molecule has 0 aromatic heterocycles. The minimum Gasteiger partial charge on any atom is -0.466 e. The lowest BCUT2D eigenvalue weighted by molar-refractivity contribution is -0.149. The van der Waals surface area contributed by atoms with Crippen molar-refractivity contribution in [3.05, 3.63) is 47.2 Å². The van der Waals surface area contributed by atoms with Crippen LogP contribution in [0.15, 0.2) is 35.0 Å². The Morgan fingerprint density at radius 3 is 2.29 bits per heavy atom. The molecule has 0 unspecified atom stereocenters. The van der Waals surface area contributed by atoms with E-state index >= 15 is 0 Å². The average molecular weight is 435 g/mol. The van der Waals surface area contributed by atoms with E-state index in [2.05, 4.69) is 15.6 Å². The van der Waals surface area contributed by atoms with E-state index in [0.29, 0.717) is 32.3 Å². The fraction of sp³-hybridized carbons (Fsp3) is 0.455. The van der Waals surface area contributed by atoms with Gasteiger partial charge in [-0.1, -0.05) is 12.1 Å². The molecule has 2 N–H and O–H groups in total. The minimum atomic E-state index is -1.02. The largest absolute Gasteiger partial charge is 0.466 e. The van der Waals surface area contributed by atoms with E-state index in [9.17, 15) is 23.2 Å². The Kier molecular flexibility index (Phi) is 8.84. The maximum atomic E-state index is 13.9. The van der Waals surface area contributed by atoms with Gasteiger partial charge in [0.15, 0.2) is 0 Å². The Morgan fingerprint density at radius 1 is 1.16 bits per heavy atom. The van der Waals surface area contributed by atoms with Crippen molar-refractivity contribution in [1.29, 1.82) is 0 Å². The number of amides is 2. The molecule has 1 saturated carbocycles. The molecule has 31 heavy (non-hydrogen) atoms. The number of carbonyl (C=O) groups excluding carboxylic acids is 3. The zero-order chi connectivity index (χ0) is 23.0. The maximum absolute atomic E-state index is 13.9. The van der Waals surface area contributed by atoms with Gasteiger partial charge in [0.25, 0.3) is 11.8 Å². The van der Waals surface area contributed by atoms with Crippen molar-refractivity contribution in [3.8, 4) is 0 Å². The molecule has 1 fully saturated rings. The molecule has 2 rings (SSSR count). The van der Waals surface area contributed by atoms with E-state index in [1.54, 1.807) is 13.8 Å². The van der Waals surface area contributed by atoms with E-state index in [0.717, 1.165) is 18.2 Å². The number of esters is 1. The highest BCUT2D eigenvalue weighted by Crippen LogP contribution is 2.25. The first-order valence-electron chi connectivity index (χ1n) is 10.2. The summed E-state index contributed by atoms with van der Waals surface area (Å²) in [5, 5.41) is 5.21. The summed E-state index contributed by atoms with van der Waals surface area (Å²) in [6.07, 6.45) is 3.83. The van der Waals surface area contributed by atoms with Gasteiger partial charge in [-0.25, -0.2) is 8.78 Å². The molecular formula is C22H27F2N3O4. The second-order valence-corrected chi connectivity index (χ2v) is 7.10. The predicted molar refractivity (Wildman–Crippen MR) is 111 cm³/mol. The molecule has 0 radical (unpaired) electrons. The van der Waals surface area contributed by atoms with Crippen LogP contribution in [0, 0.1) is 17.6 Å². The van der Waals surface area contributed by atoms with E-state index in [4.69, 9.17) is 4.74 Å². The van der Waals surface area contributed by atoms with Crippen LogP contribution in [0.2, 0.25) is 0 Å². The van der Waals surface area contributed by atoms with Crippen molar-refractivity contribution in [3.63, 3.8) is 0 Å². The van der Waals surface area contributed by atoms with Gasteiger partial charge in [0.05, 0.1) is 18.2 Å². The lowest BCUT2D eigenvalue weighted by Gasteiger charge is -2.28. The molecule has 0 spiro atoms. The Morgan fingerprint density at radius 2 is 1.77 bits per heavy atom. The quantitative estimate of drug-likeness (QED) is 0.508. The number of carbonyl (C=O) groups is 3. The highest BCUT2D eigenvalue weighted by molar-refractivity contribution is 6.45. The molecule has 1 aliphatic carbocycles. The highest BCUT2D eigenvalue weighted by atomic mass is 19.1. The summed E-state index contributed by atoms with van der Waals surface area (Å²) in [6, 6.07) is 2.94. The van der Waals surface area contributed by atoms with Gasteiger partial charge >= 0.3 is 5.97 Å². The Bertz CT molecular complexity index is 870. The number of halogens is 2. The third kappa shape index (κ3) is 6.19. The number of ether oxygens (including phenoxy) is 1. The van der Waals surface area contributed by atoms with E-state index in [-0.39, 0.29) is 29.3 Å². The van der Waals surface area contributed by atoms with Gasteiger partial charge in [0.1, 0.15) is 22.9 Å². The van der Waals surface area contributed by atoms with Crippen LogP contribution in [-0.4, -0.2) is 43.2 Å². The number of nitrogens with one attached hydrogen (secondary N) is 2. The zero-order valence-electron chi connectivity index (χ0n) is 17.8. The van der Waals surface area contributed by atoms with Gasteiger partial charge in [-0.05, 0) is 51.7 Å². The number of hydrogen-bond donors (Lipinski definition) is 2. The second-order valence-electron chi connectivity index (χ2n) is 7.10. The zero-order valence-corrected chi connectivity index (χ0v) is 17.8. The molecule has 0 atom stereocenters. The molecular weight excluding hydrogens is 408 g/mol. The molecule has 0 heterocycles. The van der Waals surface area contributed by atoms with Gasteiger partial charge in [-0.2, -0.15) is 0 Å². The van der Waals surface area contributed by atoms with Gasteiger partial charge < -0.3 is 15.4 Å². The summed E-state index contributed by atoms with van der Waals surface area (Å²) in [6.45, 7) is 3.66. The van der Waals surface area contributed by atoms with Gasteiger partial charge in [-0.3, -0.25) is 19.4 Å². The van der Waals surface area contributed by atoms with Crippen molar-refractivity contribution in [2.75, 3.05) is 13.7 Å². The van der Waals surface area contributed by atoms with Gasteiger partial charge in [0, 0.05) is 13.1 Å². The third-order valence-corrected chi connectivity index (χ3v) is 5.10. The van der Waals surface area contributed by atoms with Crippen LogP contribution in [-0.2, 0) is 14.3 Å². The Labute approximate surface area is 179 Å². The standard InChI is InChI=1S/C22H27F2N3O4/c1-4-17(27-20(28)18-15(23)7-6-8-16(18)24)19(25-3)21(29)26-14-11-9-13(10-12-14)22(30)31-5-2/h4,6-8,13-14H,5,9-12H2,1-3H3,(H,26,29)(H,27,28)/b17-4+,25-19?.